The first-order valence-corrected chi connectivity index (χ1v) is 9.89. The molecule has 1 amide bonds. The fourth-order valence-electron chi connectivity index (χ4n) is 2.66. The second-order valence-electron chi connectivity index (χ2n) is 6.66. The van der Waals surface area contributed by atoms with Gasteiger partial charge in [0.1, 0.15) is 5.75 Å². The third-order valence-electron chi connectivity index (χ3n) is 3.97. The number of carbonyl (C=O) groups excluding carboxylic acids is 1. The molecule has 3 rings (SSSR count). The lowest BCUT2D eigenvalue weighted by atomic mass is 10.2. The van der Waals surface area contributed by atoms with Gasteiger partial charge in [-0.3, -0.25) is 9.69 Å². The predicted molar refractivity (Wildman–Crippen MR) is 119 cm³/mol. The van der Waals surface area contributed by atoms with Gasteiger partial charge >= 0.3 is 0 Å². The minimum absolute atomic E-state index is 0.0925. The maximum atomic E-state index is 12.9. The molecule has 0 saturated carbocycles. The van der Waals surface area contributed by atoms with Crippen LogP contribution in [-0.4, -0.2) is 30.4 Å². The van der Waals surface area contributed by atoms with Gasteiger partial charge in [-0.05, 0) is 61.9 Å². The summed E-state index contributed by atoms with van der Waals surface area (Å²) in [6.45, 7) is 3.98. The predicted octanol–water partition coefficient (Wildman–Crippen LogP) is 4.95. The molecule has 1 aliphatic heterocycles. The van der Waals surface area contributed by atoms with Crippen molar-refractivity contribution >= 4 is 51.7 Å². The first-order chi connectivity index (χ1) is 12.8. The van der Waals surface area contributed by atoms with Crippen LogP contribution in [0.4, 0.5) is 11.4 Å². The molecule has 0 N–H and O–H groups in total. The molecule has 1 fully saturated rings. The third kappa shape index (κ3) is 4.51. The number of rotatable bonds is 5. The molecule has 0 bridgehead atoms. The molecule has 6 heteroatoms. The molecular weight excluding hydrogens is 376 g/mol. The Labute approximate surface area is 169 Å². The van der Waals surface area contributed by atoms with Crippen LogP contribution >= 0.6 is 24.0 Å². The molecule has 2 aromatic carbocycles. The lowest BCUT2D eigenvalue weighted by Crippen LogP contribution is -2.27. The quantitative estimate of drug-likeness (QED) is 0.526. The average molecular weight is 399 g/mol. The van der Waals surface area contributed by atoms with Gasteiger partial charge in [-0.15, -0.1) is 0 Å². The minimum Gasteiger partial charge on any atom is -0.491 e. The van der Waals surface area contributed by atoms with Crippen LogP contribution in [0.1, 0.15) is 19.4 Å². The maximum absolute atomic E-state index is 12.9. The van der Waals surface area contributed by atoms with Crippen molar-refractivity contribution in [2.24, 2.45) is 0 Å². The molecular formula is C21H22N2O2S2. The number of anilines is 2. The molecule has 140 valence electrons. The monoisotopic (exact) mass is 398 g/mol. The minimum atomic E-state index is -0.0925. The van der Waals surface area contributed by atoms with E-state index in [4.69, 9.17) is 17.0 Å². The molecule has 0 radical (unpaired) electrons. The zero-order valence-corrected chi connectivity index (χ0v) is 17.4. The molecule has 0 spiro atoms. The number of hydrogen-bond acceptors (Lipinski definition) is 5. The fraction of sp³-hybridized carbons (Fsp3) is 0.238. The van der Waals surface area contributed by atoms with Crippen molar-refractivity contribution < 1.29 is 9.53 Å². The SMILES string of the molecule is CC(C)Oc1ccc(/C=C2\SC(=S)N(c3ccc(N(C)C)cc3)C2=O)cc1. The van der Waals surface area contributed by atoms with E-state index in [1.807, 2.05) is 87.4 Å². The van der Waals surface area contributed by atoms with Crippen LogP contribution in [0.2, 0.25) is 0 Å². The highest BCUT2D eigenvalue weighted by molar-refractivity contribution is 8.27. The van der Waals surface area contributed by atoms with Gasteiger partial charge in [0.25, 0.3) is 5.91 Å². The molecule has 27 heavy (non-hydrogen) atoms. The van der Waals surface area contributed by atoms with Gasteiger partial charge in [0, 0.05) is 19.8 Å². The van der Waals surface area contributed by atoms with Crippen LogP contribution in [0.25, 0.3) is 6.08 Å². The Balaban J connectivity index is 1.80. The van der Waals surface area contributed by atoms with E-state index in [0.29, 0.717) is 9.23 Å². The topological polar surface area (TPSA) is 32.8 Å². The summed E-state index contributed by atoms with van der Waals surface area (Å²) in [5.41, 5.74) is 2.80. The highest BCUT2D eigenvalue weighted by Gasteiger charge is 2.33. The Bertz CT molecular complexity index is 872. The molecule has 1 saturated heterocycles. The summed E-state index contributed by atoms with van der Waals surface area (Å²) < 4.78 is 6.20. The summed E-state index contributed by atoms with van der Waals surface area (Å²) in [6.07, 6.45) is 2.00. The van der Waals surface area contributed by atoms with Crippen molar-refractivity contribution in [1.82, 2.24) is 0 Å². The highest BCUT2D eigenvalue weighted by atomic mass is 32.2. The van der Waals surface area contributed by atoms with Gasteiger partial charge in [-0.25, -0.2) is 0 Å². The summed E-state index contributed by atoms with van der Waals surface area (Å²) in [7, 11) is 3.96. The zero-order chi connectivity index (χ0) is 19.6. The van der Waals surface area contributed by atoms with Crippen molar-refractivity contribution in [1.29, 1.82) is 0 Å². The van der Waals surface area contributed by atoms with E-state index < -0.39 is 0 Å². The number of hydrogen-bond donors (Lipinski definition) is 0. The van der Waals surface area contributed by atoms with E-state index in [1.54, 1.807) is 4.90 Å². The van der Waals surface area contributed by atoms with Crippen molar-refractivity contribution in [3.63, 3.8) is 0 Å². The van der Waals surface area contributed by atoms with Gasteiger partial charge in [0.05, 0.1) is 16.7 Å². The number of thiocarbonyl (C=S) groups is 1. The molecule has 0 aromatic heterocycles. The fourth-order valence-corrected chi connectivity index (χ4v) is 3.96. The Morgan fingerprint density at radius 1 is 1.07 bits per heavy atom. The summed E-state index contributed by atoms with van der Waals surface area (Å²) in [6, 6.07) is 15.5. The standard InChI is InChI=1S/C21H22N2O2S2/c1-14(2)25-18-11-5-15(6-12-18)13-19-20(24)23(21(26)27-19)17-9-7-16(8-10-17)22(3)4/h5-14H,1-4H3/b19-13-. The van der Waals surface area contributed by atoms with E-state index in [9.17, 15) is 4.79 Å². The lowest BCUT2D eigenvalue weighted by molar-refractivity contribution is -0.113. The Hall–Kier alpha value is -2.31. The average Bonchev–Trinajstić information content (AvgIpc) is 2.90. The van der Waals surface area contributed by atoms with E-state index in [0.717, 1.165) is 22.7 Å². The zero-order valence-electron chi connectivity index (χ0n) is 15.8. The highest BCUT2D eigenvalue weighted by Crippen LogP contribution is 2.36. The Morgan fingerprint density at radius 2 is 1.70 bits per heavy atom. The first-order valence-electron chi connectivity index (χ1n) is 8.67. The van der Waals surface area contributed by atoms with Gasteiger partial charge in [0.2, 0.25) is 0 Å². The molecule has 0 atom stereocenters. The molecule has 1 aliphatic rings. The number of thioether (sulfide) groups is 1. The second-order valence-corrected chi connectivity index (χ2v) is 8.34. The number of nitrogens with zero attached hydrogens (tertiary/aromatic N) is 2. The van der Waals surface area contributed by atoms with Gasteiger partial charge in [-0.1, -0.05) is 36.1 Å². The Morgan fingerprint density at radius 3 is 2.26 bits per heavy atom. The van der Waals surface area contributed by atoms with Crippen LogP contribution < -0.4 is 14.5 Å². The number of benzene rings is 2. The van der Waals surface area contributed by atoms with E-state index in [2.05, 4.69) is 0 Å². The van der Waals surface area contributed by atoms with Crippen molar-refractivity contribution in [3.05, 3.63) is 59.0 Å². The van der Waals surface area contributed by atoms with Crippen molar-refractivity contribution in [2.45, 2.75) is 20.0 Å². The summed E-state index contributed by atoms with van der Waals surface area (Å²) >= 11 is 6.77. The Kier molecular flexibility index (Phi) is 5.87. The second kappa shape index (κ2) is 8.15. The first kappa shape index (κ1) is 19.5. The van der Waals surface area contributed by atoms with Gasteiger partial charge in [0.15, 0.2) is 4.32 Å². The number of amides is 1. The molecule has 1 heterocycles. The van der Waals surface area contributed by atoms with Gasteiger partial charge < -0.3 is 9.64 Å². The van der Waals surface area contributed by atoms with Crippen LogP contribution in [-0.2, 0) is 4.79 Å². The molecule has 0 unspecified atom stereocenters. The summed E-state index contributed by atoms with van der Waals surface area (Å²) in [5.74, 6) is 0.723. The van der Waals surface area contributed by atoms with E-state index in [-0.39, 0.29) is 12.0 Å². The molecule has 0 aliphatic carbocycles. The smallest absolute Gasteiger partial charge is 0.270 e. The molecule has 2 aromatic rings. The normalized spacial score (nSPS) is 15.7. The maximum Gasteiger partial charge on any atom is 0.270 e. The van der Waals surface area contributed by atoms with E-state index >= 15 is 0 Å². The lowest BCUT2D eigenvalue weighted by Gasteiger charge is -2.17. The largest absolute Gasteiger partial charge is 0.491 e. The summed E-state index contributed by atoms with van der Waals surface area (Å²) in [5, 5.41) is 0. The van der Waals surface area contributed by atoms with Crippen LogP contribution in [0.15, 0.2) is 53.4 Å². The van der Waals surface area contributed by atoms with Gasteiger partial charge in [-0.2, -0.15) is 0 Å². The number of ether oxygens (including phenoxy) is 1. The van der Waals surface area contributed by atoms with Crippen molar-refractivity contribution in [3.8, 4) is 5.75 Å². The van der Waals surface area contributed by atoms with E-state index in [1.165, 1.54) is 11.8 Å². The number of carbonyl (C=O) groups is 1. The summed E-state index contributed by atoms with van der Waals surface area (Å²) in [4.78, 5) is 17.1. The van der Waals surface area contributed by atoms with Crippen LogP contribution in [0.5, 0.6) is 5.75 Å². The van der Waals surface area contributed by atoms with Crippen molar-refractivity contribution in [2.75, 3.05) is 23.9 Å². The van der Waals surface area contributed by atoms with Crippen LogP contribution in [0, 0.1) is 0 Å². The third-order valence-corrected chi connectivity index (χ3v) is 5.27. The van der Waals surface area contributed by atoms with Crippen LogP contribution in [0.3, 0.4) is 0 Å². The molecule has 4 nitrogen and oxygen atoms in total.